The maximum absolute atomic E-state index is 12.8. The van der Waals surface area contributed by atoms with Gasteiger partial charge in [-0.3, -0.25) is 4.90 Å². The van der Waals surface area contributed by atoms with E-state index in [1.165, 1.54) is 12.1 Å². The van der Waals surface area contributed by atoms with Gasteiger partial charge in [0.05, 0.1) is 11.2 Å². The van der Waals surface area contributed by atoms with Crippen molar-refractivity contribution in [3.63, 3.8) is 0 Å². The molecular weight excluding hydrogens is 255 g/mol. The smallest absolute Gasteiger partial charge is 0.123 e. The molecule has 2 rings (SSSR count). The molecule has 0 aliphatic carbocycles. The van der Waals surface area contributed by atoms with E-state index >= 15 is 0 Å². The van der Waals surface area contributed by atoms with Crippen molar-refractivity contribution < 1.29 is 9.13 Å². The molecule has 1 aliphatic heterocycles. The van der Waals surface area contributed by atoms with E-state index < -0.39 is 0 Å². The number of hydrogen-bond donors (Lipinski definition) is 1. The Balaban J connectivity index is 1.83. The summed E-state index contributed by atoms with van der Waals surface area (Å²) < 4.78 is 18.9. The minimum absolute atomic E-state index is 0.113. The number of nitrogens with one attached hydrogen (secondary N) is 1. The van der Waals surface area contributed by atoms with E-state index in [1.807, 2.05) is 0 Å². The maximum Gasteiger partial charge on any atom is 0.123 e. The van der Waals surface area contributed by atoms with Crippen LogP contribution in [0.3, 0.4) is 0 Å². The number of anilines is 1. The number of nitrogens with zero attached hydrogens (tertiary/aromatic N) is 1. The van der Waals surface area contributed by atoms with Crippen molar-refractivity contribution in [2.75, 3.05) is 31.5 Å². The first kappa shape index (κ1) is 15.3. The van der Waals surface area contributed by atoms with Crippen LogP contribution in [0.15, 0.2) is 24.3 Å². The Labute approximate surface area is 121 Å². The van der Waals surface area contributed by atoms with Crippen molar-refractivity contribution in [3.05, 3.63) is 30.1 Å². The normalized spacial score (nSPS) is 21.6. The summed E-state index contributed by atoms with van der Waals surface area (Å²) >= 11 is 0. The molecule has 1 heterocycles. The number of halogens is 1. The van der Waals surface area contributed by atoms with Crippen molar-refractivity contribution in [3.8, 4) is 0 Å². The molecule has 0 unspecified atom stereocenters. The van der Waals surface area contributed by atoms with Gasteiger partial charge in [-0.05, 0) is 52.0 Å². The summed E-state index contributed by atoms with van der Waals surface area (Å²) in [6, 6.07) is 6.48. The van der Waals surface area contributed by atoms with E-state index in [2.05, 4.69) is 37.9 Å². The fourth-order valence-corrected chi connectivity index (χ4v) is 3.03. The highest BCUT2D eigenvalue weighted by Crippen LogP contribution is 2.27. The molecule has 0 saturated carbocycles. The molecule has 0 aromatic heterocycles. The lowest BCUT2D eigenvalue weighted by atomic mass is 9.99. The zero-order valence-corrected chi connectivity index (χ0v) is 12.9. The average Bonchev–Trinajstić information content (AvgIpc) is 2.27. The van der Waals surface area contributed by atoms with E-state index in [4.69, 9.17) is 4.74 Å². The fraction of sp³-hybridized carbons (Fsp3) is 0.625. The van der Waals surface area contributed by atoms with Crippen LogP contribution in [-0.2, 0) is 4.74 Å². The Hall–Kier alpha value is -1.13. The molecule has 0 atom stereocenters. The summed E-state index contributed by atoms with van der Waals surface area (Å²) in [4.78, 5) is 2.42. The fourth-order valence-electron chi connectivity index (χ4n) is 3.03. The van der Waals surface area contributed by atoms with Crippen LogP contribution < -0.4 is 5.32 Å². The molecule has 1 aromatic carbocycles. The molecule has 3 nitrogen and oxygen atoms in total. The molecule has 1 aliphatic rings. The van der Waals surface area contributed by atoms with Gasteiger partial charge in [0.25, 0.3) is 0 Å². The number of hydrogen-bond acceptors (Lipinski definition) is 3. The van der Waals surface area contributed by atoms with Gasteiger partial charge >= 0.3 is 0 Å². The summed E-state index contributed by atoms with van der Waals surface area (Å²) in [5.74, 6) is -0.202. The zero-order chi connectivity index (χ0) is 14.8. The third-order valence-electron chi connectivity index (χ3n) is 3.36. The van der Waals surface area contributed by atoms with E-state index in [0.29, 0.717) is 0 Å². The molecule has 0 bridgehead atoms. The molecule has 1 aromatic rings. The van der Waals surface area contributed by atoms with Crippen molar-refractivity contribution in [2.24, 2.45) is 0 Å². The van der Waals surface area contributed by atoms with Gasteiger partial charge in [-0.2, -0.15) is 0 Å². The Morgan fingerprint density at radius 2 is 1.65 bits per heavy atom. The van der Waals surface area contributed by atoms with Gasteiger partial charge in [0.15, 0.2) is 0 Å². The first-order valence-electron chi connectivity index (χ1n) is 7.18. The standard InChI is InChI=1S/C16H25FN2O/c1-15(2)11-19(12-16(3,4)20-15)10-9-18-14-7-5-13(17)6-8-14/h5-8,18H,9-12H2,1-4H3. The molecule has 112 valence electrons. The molecule has 1 fully saturated rings. The molecular formula is C16H25FN2O. The third kappa shape index (κ3) is 4.46. The Morgan fingerprint density at radius 3 is 2.20 bits per heavy atom. The summed E-state index contributed by atoms with van der Waals surface area (Å²) in [5, 5.41) is 3.32. The van der Waals surface area contributed by atoms with Crippen LogP contribution in [0.1, 0.15) is 27.7 Å². The topological polar surface area (TPSA) is 24.5 Å². The van der Waals surface area contributed by atoms with Crippen LogP contribution >= 0.6 is 0 Å². The quantitative estimate of drug-likeness (QED) is 0.917. The lowest BCUT2D eigenvalue weighted by Gasteiger charge is -2.47. The zero-order valence-electron chi connectivity index (χ0n) is 12.9. The van der Waals surface area contributed by atoms with Gasteiger partial charge in [0.2, 0.25) is 0 Å². The lowest BCUT2D eigenvalue weighted by Crippen LogP contribution is -2.57. The van der Waals surface area contributed by atoms with Crippen LogP contribution in [0.2, 0.25) is 0 Å². The number of benzene rings is 1. The first-order chi connectivity index (χ1) is 9.26. The largest absolute Gasteiger partial charge is 0.384 e. The first-order valence-corrected chi connectivity index (χ1v) is 7.18. The summed E-state index contributed by atoms with van der Waals surface area (Å²) in [7, 11) is 0. The van der Waals surface area contributed by atoms with Crippen LogP contribution in [0.25, 0.3) is 0 Å². The van der Waals surface area contributed by atoms with E-state index in [1.54, 1.807) is 12.1 Å². The monoisotopic (exact) mass is 280 g/mol. The predicted molar refractivity (Wildman–Crippen MR) is 80.6 cm³/mol. The van der Waals surface area contributed by atoms with Gasteiger partial charge in [0.1, 0.15) is 5.82 Å². The average molecular weight is 280 g/mol. The second-order valence-corrected chi connectivity index (χ2v) is 6.77. The number of rotatable bonds is 4. The minimum atomic E-state index is -0.202. The maximum atomic E-state index is 12.8. The van der Waals surface area contributed by atoms with Crippen molar-refractivity contribution >= 4 is 5.69 Å². The highest BCUT2D eigenvalue weighted by molar-refractivity contribution is 5.42. The van der Waals surface area contributed by atoms with Crippen molar-refractivity contribution in [2.45, 2.75) is 38.9 Å². The lowest BCUT2D eigenvalue weighted by molar-refractivity contribution is -0.179. The molecule has 1 N–H and O–H groups in total. The van der Waals surface area contributed by atoms with Crippen molar-refractivity contribution in [1.29, 1.82) is 0 Å². The molecule has 0 radical (unpaired) electrons. The molecule has 0 spiro atoms. The summed E-state index contributed by atoms with van der Waals surface area (Å²) in [6.45, 7) is 12.2. The number of ether oxygens (including phenoxy) is 1. The van der Waals surface area contributed by atoms with E-state index in [0.717, 1.165) is 31.9 Å². The van der Waals surface area contributed by atoms with Crippen LogP contribution in [0, 0.1) is 5.82 Å². The van der Waals surface area contributed by atoms with Gasteiger partial charge in [0, 0.05) is 31.9 Å². The van der Waals surface area contributed by atoms with E-state index in [-0.39, 0.29) is 17.0 Å². The molecule has 20 heavy (non-hydrogen) atoms. The van der Waals surface area contributed by atoms with Crippen molar-refractivity contribution in [1.82, 2.24) is 4.90 Å². The van der Waals surface area contributed by atoms with Gasteiger partial charge in [-0.1, -0.05) is 0 Å². The van der Waals surface area contributed by atoms with Crippen LogP contribution in [-0.4, -0.2) is 42.3 Å². The van der Waals surface area contributed by atoms with Gasteiger partial charge in [-0.25, -0.2) is 4.39 Å². The predicted octanol–water partition coefficient (Wildman–Crippen LogP) is 3.13. The highest BCUT2D eigenvalue weighted by Gasteiger charge is 2.37. The van der Waals surface area contributed by atoms with Crippen LogP contribution in [0.5, 0.6) is 0 Å². The highest BCUT2D eigenvalue weighted by atomic mass is 19.1. The Bertz CT molecular complexity index is 426. The molecule has 0 amide bonds. The second kappa shape index (κ2) is 5.70. The van der Waals surface area contributed by atoms with Crippen LogP contribution in [0.4, 0.5) is 10.1 Å². The molecule has 4 heteroatoms. The van der Waals surface area contributed by atoms with Gasteiger partial charge < -0.3 is 10.1 Å². The Morgan fingerprint density at radius 1 is 1.10 bits per heavy atom. The minimum Gasteiger partial charge on any atom is -0.384 e. The third-order valence-corrected chi connectivity index (χ3v) is 3.36. The Kier molecular flexibility index (Phi) is 4.35. The SMILES string of the molecule is CC1(C)CN(CCNc2ccc(F)cc2)CC(C)(C)O1. The second-order valence-electron chi connectivity index (χ2n) is 6.77. The van der Waals surface area contributed by atoms with E-state index in [9.17, 15) is 4.39 Å². The van der Waals surface area contributed by atoms with Gasteiger partial charge in [-0.15, -0.1) is 0 Å². The number of morpholine rings is 1. The summed E-state index contributed by atoms with van der Waals surface area (Å²) in [6.07, 6.45) is 0. The summed E-state index contributed by atoms with van der Waals surface area (Å²) in [5.41, 5.74) is 0.730. The molecule has 1 saturated heterocycles.